The second-order valence-corrected chi connectivity index (χ2v) is 5.35. The fourth-order valence-corrected chi connectivity index (χ4v) is 2.82. The van der Waals surface area contributed by atoms with Crippen LogP contribution >= 0.6 is 0 Å². The highest BCUT2D eigenvalue weighted by Crippen LogP contribution is 2.22. The minimum absolute atomic E-state index is 0.0296. The highest BCUT2D eigenvalue weighted by molar-refractivity contribution is 6.26. The maximum atomic E-state index is 11.3. The predicted octanol–water partition coefficient (Wildman–Crippen LogP) is 0.502. The van der Waals surface area contributed by atoms with Crippen LogP contribution in [0.15, 0.2) is 23.4 Å². The molecule has 0 unspecified atom stereocenters. The number of nitrogens with zero attached hydrogens (tertiary/aromatic N) is 2. The van der Waals surface area contributed by atoms with Gasteiger partial charge in [-0.05, 0) is 30.0 Å². The zero-order chi connectivity index (χ0) is 15.2. The Labute approximate surface area is 124 Å². The number of carbonyl (C=O) groups is 1. The summed E-state index contributed by atoms with van der Waals surface area (Å²) in [5, 5.41) is 23.1. The van der Waals surface area contributed by atoms with Crippen LogP contribution in [0, 0.1) is 0 Å². The summed E-state index contributed by atoms with van der Waals surface area (Å²) in [6.45, 7) is 4.45. The molecule has 1 aromatic rings. The Morgan fingerprint density at radius 1 is 1.57 bits per heavy atom. The molecule has 0 saturated heterocycles. The van der Waals surface area contributed by atoms with Crippen LogP contribution in [0.5, 0.6) is 0 Å². The first-order chi connectivity index (χ1) is 10.1. The monoisotopic (exact) mass is 291 g/mol. The van der Waals surface area contributed by atoms with Crippen molar-refractivity contribution in [1.82, 2.24) is 10.2 Å². The van der Waals surface area contributed by atoms with Gasteiger partial charge in [0.15, 0.2) is 0 Å². The van der Waals surface area contributed by atoms with Crippen molar-refractivity contribution in [2.45, 2.75) is 32.5 Å². The van der Waals surface area contributed by atoms with Crippen LogP contribution in [0.25, 0.3) is 0 Å². The van der Waals surface area contributed by atoms with Gasteiger partial charge in [-0.2, -0.15) is 0 Å². The van der Waals surface area contributed by atoms with Gasteiger partial charge in [0.05, 0.1) is 6.61 Å². The van der Waals surface area contributed by atoms with Gasteiger partial charge in [0, 0.05) is 25.7 Å². The molecule has 0 spiro atoms. The van der Waals surface area contributed by atoms with Crippen LogP contribution in [0.4, 0.5) is 0 Å². The molecule has 1 aliphatic heterocycles. The van der Waals surface area contributed by atoms with Crippen molar-refractivity contribution in [3.63, 3.8) is 0 Å². The molecule has 6 heteroatoms. The Hall–Kier alpha value is -1.92. The lowest BCUT2D eigenvalue weighted by Gasteiger charge is -2.31. The summed E-state index contributed by atoms with van der Waals surface area (Å²) in [4.78, 5) is 13.6. The minimum atomic E-state index is -0.398. The molecule has 1 atom stereocenters. The zero-order valence-electron chi connectivity index (χ0n) is 12.1. The SMILES string of the molecule is C[C@@H](CN1CCc2c(CO)cccc2C1)NC(=O)/C=N\O. The third kappa shape index (κ3) is 4.03. The molecule has 3 N–H and O–H groups in total. The normalized spacial score (nSPS) is 16.7. The third-order valence-electron chi connectivity index (χ3n) is 3.71. The summed E-state index contributed by atoms with van der Waals surface area (Å²) in [6.07, 6.45) is 1.76. The van der Waals surface area contributed by atoms with Gasteiger partial charge < -0.3 is 15.6 Å². The fraction of sp³-hybridized carbons (Fsp3) is 0.467. The van der Waals surface area contributed by atoms with Crippen LogP contribution in [-0.2, 0) is 24.4 Å². The van der Waals surface area contributed by atoms with Crippen LogP contribution in [-0.4, -0.2) is 46.5 Å². The van der Waals surface area contributed by atoms with Crippen molar-refractivity contribution >= 4 is 12.1 Å². The van der Waals surface area contributed by atoms with Gasteiger partial charge in [-0.15, -0.1) is 0 Å². The van der Waals surface area contributed by atoms with Gasteiger partial charge in [-0.25, -0.2) is 0 Å². The van der Waals surface area contributed by atoms with E-state index in [-0.39, 0.29) is 12.6 Å². The quantitative estimate of drug-likeness (QED) is 0.419. The first-order valence-corrected chi connectivity index (χ1v) is 7.04. The molecule has 0 aliphatic carbocycles. The molecular weight excluding hydrogens is 270 g/mol. The molecule has 1 heterocycles. The maximum Gasteiger partial charge on any atom is 0.266 e. The summed E-state index contributed by atoms with van der Waals surface area (Å²) in [5.74, 6) is -0.398. The van der Waals surface area contributed by atoms with Gasteiger partial charge in [-0.1, -0.05) is 23.4 Å². The van der Waals surface area contributed by atoms with E-state index in [1.165, 1.54) is 11.1 Å². The molecule has 21 heavy (non-hydrogen) atoms. The van der Waals surface area contributed by atoms with Crippen molar-refractivity contribution < 1.29 is 15.1 Å². The molecule has 6 nitrogen and oxygen atoms in total. The van der Waals surface area contributed by atoms with Crippen molar-refractivity contribution in [3.8, 4) is 0 Å². The van der Waals surface area contributed by atoms with E-state index in [0.29, 0.717) is 0 Å². The molecule has 1 amide bonds. The fourth-order valence-electron chi connectivity index (χ4n) is 2.82. The number of aliphatic hydroxyl groups is 1. The number of hydrogen-bond donors (Lipinski definition) is 3. The molecule has 114 valence electrons. The van der Waals surface area contributed by atoms with E-state index in [0.717, 1.165) is 37.8 Å². The number of nitrogens with one attached hydrogen (secondary N) is 1. The smallest absolute Gasteiger partial charge is 0.266 e. The summed E-state index contributed by atoms with van der Waals surface area (Å²) >= 11 is 0. The van der Waals surface area contributed by atoms with E-state index in [4.69, 9.17) is 5.21 Å². The first-order valence-electron chi connectivity index (χ1n) is 7.04. The standard InChI is InChI=1S/C15H21N3O3/c1-11(17-15(20)7-16-21)8-18-6-5-14-12(9-18)3-2-4-13(14)10-19/h2-4,7,11,19,21H,5-6,8-10H2,1H3,(H,17,20)/b16-7-/t11-/m0/s1. The van der Waals surface area contributed by atoms with Crippen molar-refractivity contribution in [2.24, 2.45) is 5.16 Å². The van der Waals surface area contributed by atoms with Gasteiger partial charge in [0.1, 0.15) is 6.21 Å². The van der Waals surface area contributed by atoms with Crippen molar-refractivity contribution in [1.29, 1.82) is 0 Å². The number of carbonyl (C=O) groups excluding carboxylic acids is 1. The molecule has 2 rings (SSSR count). The van der Waals surface area contributed by atoms with Gasteiger partial charge >= 0.3 is 0 Å². The molecule has 1 aromatic carbocycles. The Kier molecular flexibility index (Phi) is 5.30. The van der Waals surface area contributed by atoms with Gasteiger partial charge in [-0.3, -0.25) is 9.69 Å². The number of benzene rings is 1. The summed E-state index contributed by atoms with van der Waals surface area (Å²) in [7, 11) is 0. The van der Waals surface area contributed by atoms with E-state index >= 15 is 0 Å². The average Bonchev–Trinajstić information content (AvgIpc) is 2.46. The van der Waals surface area contributed by atoms with Crippen LogP contribution in [0.1, 0.15) is 23.6 Å². The molecule has 0 radical (unpaired) electrons. The predicted molar refractivity (Wildman–Crippen MR) is 79.2 cm³/mol. The number of fused-ring (bicyclic) bond motifs is 1. The van der Waals surface area contributed by atoms with E-state index < -0.39 is 5.91 Å². The lowest BCUT2D eigenvalue weighted by molar-refractivity contribution is -0.115. The second kappa shape index (κ2) is 7.19. The third-order valence-corrected chi connectivity index (χ3v) is 3.71. The number of oxime groups is 1. The highest BCUT2D eigenvalue weighted by Gasteiger charge is 2.20. The minimum Gasteiger partial charge on any atom is -0.411 e. The van der Waals surface area contributed by atoms with Crippen LogP contribution in [0.2, 0.25) is 0 Å². The number of aliphatic hydroxyl groups excluding tert-OH is 1. The molecule has 0 aromatic heterocycles. The topological polar surface area (TPSA) is 85.2 Å². The highest BCUT2D eigenvalue weighted by atomic mass is 16.4. The van der Waals surface area contributed by atoms with E-state index in [2.05, 4.69) is 21.4 Å². The van der Waals surface area contributed by atoms with Crippen LogP contribution in [0.3, 0.4) is 0 Å². The average molecular weight is 291 g/mol. The molecule has 0 bridgehead atoms. The number of amides is 1. The molecular formula is C15H21N3O3. The lowest BCUT2D eigenvalue weighted by atomic mass is 9.94. The molecule has 0 saturated carbocycles. The Morgan fingerprint density at radius 3 is 3.10 bits per heavy atom. The molecule has 1 aliphatic rings. The van der Waals surface area contributed by atoms with Gasteiger partial charge in [0.25, 0.3) is 5.91 Å². The Morgan fingerprint density at radius 2 is 2.38 bits per heavy atom. The summed E-state index contributed by atoms with van der Waals surface area (Å²) in [6, 6.07) is 5.99. The van der Waals surface area contributed by atoms with Crippen LogP contribution < -0.4 is 5.32 Å². The number of rotatable bonds is 5. The van der Waals surface area contributed by atoms with Crippen molar-refractivity contribution in [3.05, 3.63) is 34.9 Å². The Balaban J connectivity index is 1.94. The van der Waals surface area contributed by atoms with E-state index in [1.807, 2.05) is 19.1 Å². The first kappa shape index (κ1) is 15.5. The number of hydrogen-bond acceptors (Lipinski definition) is 5. The van der Waals surface area contributed by atoms with E-state index in [1.54, 1.807) is 0 Å². The maximum absolute atomic E-state index is 11.3. The van der Waals surface area contributed by atoms with E-state index in [9.17, 15) is 9.90 Å². The Bertz CT molecular complexity index is 531. The lowest BCUT2D eigenvalue weighted by Crippen LogP contribution is -2.44. The zero-order valence-corrected chi connectivity index (χ0v) is 12.1. The molecule has 0 fully saturated rings. The summed E-state index contributed by atoms with van der Waals surface area (Å²) < 4.78 is 0. The van der Waals surface area contributed by atoms with Crippen molar-refractivity contribution in [2.75, 3.05) is 13.1 Å². The second-order valence-electron chi connectivity index (χ2n) is 5.35. The summed E-state index contributed by atoms with van der Waals surface area (Å²) in [5.41, 5.74) is 3.50. The van der Waals surface area contributed by atoms with Gasteiger partial charge in [0.2, 0.25) is 0 Å². The largest absolute Gasteiger partial charge is 0.411 e.